The van der Waals surface area contributed by atoms with Gasteiger partial charge in [-0.15, -0.1) is 0 Å². The van der Waals surface area contributed by atoms with Crippen molar-refractivity contribution in [3.8, 4) is 11.5 Å². The van der Waals surface area contributed by atoms with Crippen molar-refractivity contribution in [1.82, 2.24) is 0 Å². The molecule has 0 saturated heterocycles. The van der Waals surface area contributed by atoms with Crippen LogP contribution in [0, 0.1) is 0 Å². The highest BCUT2D eigenvalue weighted by atomic mass is 16.5. The molecular weight excluding hydrogens is 376 g/mol. The van der Waals surface area contributed by atoms with Crippen molar-refractivity contribution in [2.75, 3.05) is 7.11 Å². The first-order chi connectivity index (χ1) is 13.7. The summed E-state index contributed by atoms with van der Waals surface area (Å²) < 4.78 is 4.93. The van der Waals surface area contributed by atoms with Gasteiger partial charge < -0.3 is 25.2 Å². The lowest BCUT2D eigenvalue weighted by Crippen LogP contribution is -2.44. The number of carbonyl (C=O) groups excluding carboxylic acids is 2. The van der Waals surface area contributed by atoms with Gasteiger partial charge in [-0.05, 0) is 59.9 Å². The fraction of sp³-hybridized carbons (Fsp3) is 0.455. The van der Waals surface area contributed by atoms with Crippen LogP contribution >= 0.6 is 0 Å². The van der Waals surface area contributed by atoms with Crippen molar-refractivity contribution in [2.24, 2.45) is 0 Å². The third kappa shape index (κ3) is 2.72. The average Bonchev–Trinajstić information content (AvgIpc) is 2.70. The van der Waals surface area contributed by atoms with Crippen LogP contribution in [0.3, 0.4) is 0 Å². The smallest absolute Gasteiger partial charge is 0.316 e. The van der Waals surface area contributed by atoms with E-state index in [0.29, 0.717) is 34.9 Å². The zero-order chi connectivity index (χ0) is 21.1. The van der Waals surface area contributed by atoms with Crippen molar-refractivity contribution in [2.45, 2.75) is 56.7 Å². The number of hydrogen-bond acceptors (Lipinski definition) is 7. The van der Waals surface area contributed by atoms with Gasteiger partial charge in [-0.25, -0.2) is 0 Å². The number of phenolic OH excluding ortho intramolecular Hbond substituents is 2. The third-order valence-electron chi connectivity index (χ3n) is 6.53. The highest BCUT2D eigenvalue weighted by Crippen LogP contribution is 2.50. The van der Waals surface area contributed by atoms with E-state index < -0.39 is 23.6 Å². The predicted molar refractivity (Wildman–Crippen MR) is 104 cm³/mol. The molecule has 0 saturated carbocycles. The highest BCUT2D eigenvalue weighted by molar-refractivity contribution is 6.09. The lowest BCUT2D eigenvalue weighted by molar-refractivity contribution is -0.151. The predicted octanol–water partition coefficient (Wildman–Crippen LogP) is 2.60. The molecule has 154 valence electrons. The largest absolute Gasteiger partial charge is 0.507 e. The second-order valence-corrected chi connectivity index (χ2v) is 7.97. The number of phenols is 2. The monoisotopic (exact) mass is 400 g/mol. The van der Waals surface area contributed by atoms with Crippen molar-refractivity contribution >= 4 is 22.5 Å². The maximum atomic E-state index is 12.5. The van der Waals surface area contributed by atoms with E-state index in [1.165, 1.54) is 7.11 Å². The van der Waals surface area contributed by atoms with Crippen LogP contribution in [0.4, 0.5) is 0 Å². The van der Waals surface area contributed by atoms with Crippen LogP contribution in [0.25, 0.3) is 10.8 Å². The maximum Gasteiger partial charge on any atom is 0.316 e. The molecule has 0 aliphatic heterocycles. The molecule has 4 rings (SSSR count). The molecule has 0 heterocycles. The van der Waals surface area contributed by atoms with Gasteiger partial charge in [0.15, 0.2) is 5.78 Å². The van der Waals surface area contributed by atoms with Gasteiger partial charge in [0, 0.05) is 6.42 Å². The molecule has 2 aromatic carbocycles. The van der Waals surface area contributed by atoms with Crippen LogP contribution in [-0.4, -0.2) is 44.9 Å². The van der Waals surface area contributed by atoms with Gasteiger partial charge in [-0.2, -0.15) is 0 Å². The Morgan fingerprint density at radius 3 is 2.55 bits per heavy atom. The number of benzene rings is 2. The van der Waals surface area contributed by atoms with Gasteiger partial charge in [0.05, 0.1) is 29.8 Å². The van der Waals surface area contributed by atoms with Crippen LogP contribution in [-0.2, 0) is 16.0 Å². The summed E-state index contributed by atoms with van der Waals surface area (Å²) in [5.41, 5.74) is -0.0801. The number of fused-ring (bicyclic) bond motifs is 3. The van der Waals surface area contributed by atoms with Crippen molar-refractivity contribution in [1.29, 1.82) is 0 Å². The van der Waals surface area contributed by atoms with Crippen LogP contribution < -0.4 is 0 Å². The molecule has 2 aliphatic carbocycles. The molecule has 2 aliphatic rings. The number of hydrogen-bond donors (Lipinski definition) is 4. The summed E-state index contributed by atoms with van der Waals surface area (Å²) in [7, 11) is 1.25. The Bertz CT molecular complexity index is 1040. The van der Waals surface area contributed by atoms with E-state index in [1.54, 1.807) is 19.1 Å². The molecule has 3 atom stereocenters. The minimum atomic E-state index is -1.31. The summed E-state index contributed by atoms with van der Waals surface area (Å²) in [6.07, 6.45) is 0.357. The van der Waals surface area contributed by atoms with Gasteiger partial charge in [-0.3, -0.25) is 9.59 Å². The van der Waals surface area contributed by atoms with Gasteiger partial charge in [-0.1, -0.05) is 6.92 Å². The van der Waals surface area contributed by atoms with E-state index >= 15 is 0 Å². The first-order valence-corrected chi connectivity index (χ1v) is 9.79. The van der Waals surface area contributed by atoms with Crippen LogP contribution in [0.15, 0.2) is 12.1 Å². The highest BCUT2D eigenvalue weighted by Gasteiger charge is 2.47. The second kappa shape index (κ2) is 6.71. The van der Waals surface area contributed by atoms with E-state index in [2.05, 4.69) is 0 Å². The topological polar surface area (TPSA) is 124 Å². The number of aliphatic hydroxyl groups is 2. The summed E-state index contributed by atoms with van der Waals surface area (Å²) in [5, 5.41) is 43.7. The Hall–Kier alpha value is -2.64. The Labute approximate surface area is 167 Å². The van der Waals surface area contributed by atoms with E-state index in [4.69, 9.17) is 4.74 Å². The van der Waals surface area contributed by atoms with Crippen molar-refractivity contribution < 1.29 is 34.8 Å². The zero-order valence-electron chi connectivity index (χ0n) is 16.4. The molecule has 0 aromatic heterocycles. The zero-order valence-corrected chi connectivity index (χ0v) is 16.4. The van der Waals surface area contributed by atoms with E-state index in [0.717, 1.165) is 0 Å². The number of esters is 1. The first-order valence-electron chi connectivity index (χ1n) is 9.79. The van der Waals surface area contributed by atoms with Crippen molar-refractivity contribution in [3.05, 3.63) is 34.4 Å². The summed E-state index contributed by atoms with van der Waals surface area (Å²) in [5.74, 6) is -2.44. The third-order valence-corrected chi connectivity index (χ3v) is 6.53. The Morgan fingerprint density at radius 1 is 1.21 bits per heavy atom. The normalized spacial score (nSPS) is 26.1. The molecular formula is C22H24O7. The molecule has 0 fully saturated rings. The number of carbonyl (C=O) groups is 2. The van der Waals surface area contributed by atoms with Crippen LogP contribution in [0.2, 0.25) is 0 Å². The first kappa shape index (κ1) is 19.7. The molecule has 7 nitrogen and oxygen atoms in total. The number of rotatable bonds is 2. The SMILES string of the molecule is CCC1(O)CCc2c(cc3cc4c(c(O)c3c2O)C(=O)CCC4O)C1C(=O)OC. The van der Waals surface area contributed by atoms with Gasteiger partial charge in [0.1, 0.15) is 17.4 Å². The number of methoxy groups -OCH3 is 1. The van der Waals surface area contributed by atoms with E-state index in [1.807, 2.05) is 0 Å². The quantitative estimate of drug-likeness (QED) is 0.571. The standard InChI is InChI=1S/C22H24O7/c1-3-22(28)7-6-11-12(18(22)21(27)29-2)8-10-9-13-14(23)4-5-15(24)17(13)20(26)16(10)19(11)25/h8-9,14,18,23,25-26,28H,3-7H2,1-2H3. The fourth-order valence-electron chi connectivity index (χ4n) is 4.86. The molecule has 0 spiro atoms. The lowest BCUT2D eigenvalue weighted by atomic mass is 9.69. The fourth-order valence-corrected chi connectivity index (χ4v) is 4.86. The molecule has 7 heteroatoms. The number of aromatic hydroxyl groups is 2. The molecule has 0 radical (unpaired) electrons. The number of ketones is 1. The summed E-state index contributed by atoms with van der Waals surface area (Å²) in [6, 6.07) is 3.21. The molecule has 4 N–H and O–H groups in total. The van der Waals surface area contributed by atoms with Crippen molar-refractivity contribution in [3.63, 3.8) is 0 Å². The van der Waals surface area contributed by atoms with Gasteiger partial charge in [0.2, 0.25) is 0 Å². The molecule has 29 heavy (non-hydrogen) atoms. The molecule has 0 bridgehead atoms. The number of ether oxygens (including phenoxy) is 1. The second-order valence-electron chi connectivity index (χ2n) is 7.97. The average molecular weight is 400 g/mol. The minimum absolute atomic E-state index is 0.0388. The van der Waals surface area contributed by atoms with Crippen LogP contribution in [0.1, 0.15) is 71.7 Å². The lowest BCUT2D eigenvalue weighted by Gasteiger charge is -2.39. The number of aliphatic hydroxyl groups excluding tert-OH is 1. The van der Waals surface area contributed by atoms with Gasteiger partial charge in [0.25, 0.3) is 0 Å². The summed E-state index contributed by atoms with van der Waals surface area (Å²) >= 11 is 0. The molecule has 2 aromatic rings. The maximum absolute atomic E-state index is 12.5. The van der Waals surface area contributed by atoms with Crippen LogP contribution in [0.5, 0.6) is 11.5 Å². The van der Waals surface area contributed by atoms with E-state index in [-0.39, 0.29) is 47.5 Å². The summed E-state index contributed by atoms with van der Waals surface area (Å²) in [4.78, 5) is 24.9. The molecule has 3 unspecified atom stereocenters. The molecule has 0 amide bonds. The number of Topliss-reactive ketones (excluding diaryl/α,β-unsaturated/α-hetero) is 1. The van der Waals surface area contributed by atoms with Gasteiger partial charge >= 0.3 is 5.97 Å². The summed E-state index contributed by atoms with van der Waals surface area (Å²) in [6.45, 7) is 1.78. The minimum Gasteiger partial charge on any atom is -0.507 e. The Balaban J connectivity index is 2.05. The Morgan fingerprint density at radius 2 is 1.90 bits per heavy atom. The van der Waals surface area contributed by atoms with E-state index in [9.17, 15) is 30.0 Å². The Kier molecular flexibility index (Phi) is 4.55.